The molecule has 2 nitrogen and oxygen atoms in total. The van der Waals surface area contributed by atoms with E-state index in [1.165, 1.54) is 6.42 Å². The van der Waals surface area contributed by atoms with Gasteiger partial charge in [0.2, 0.25) is 0 Å². The molecule has 2 atom stereocenters. The molecule has 2 rings (SSSR count). The van der Waals surface area contributed by atoms with Gasteiger partial charge in [-0.25, -0.2) is 4.39 Å². The second-order valence-corrected chi connectivity index (χ2v) is 5.92. The summed E-state index contributed by atoms with van der Waals surface area (Å²) in [5.74, 6) is 0.421. The first-order valence-corrected chi connectivity index (χ1v) is 7.29. The van der Waals surface area contributed by atoms with Crippen LogP contribution >= 0.6 is 15.9 Å². The van der Waals surface area contributed by atoms with E-state index in [0.29, 0.717) is 28.7 Å². The Balaban J connectivity index is 2.36. The number of nitrogens with zero attached hydrogens (tertiary/aromatic N) is 1. The summed E-state index contributed by atoms with van der Waals surface area (Å²) in [6.45, 7) is 5.69. The van der Waals surface area contributed by atoms with Crippen molar-refractivity contribution in [3.05, 3.63) is 28.0 Å². The number of piperidine rings is 1. The summed E-state index contributed by atoms with van der Waals surface area (Å²) in [6, 6.07) is 4.15. The highest BCUT2D eigenvalue weighted by molar-refractivity contribution is 9.10. The van der Waals surface area contributed by atoms with Gasteiger partial charge >= 0.3 is 0 Å². The molecule has 1 heterocycles. The van der Waals surface area contributed by atoms with Gasteiger partial charge in [-0.3, -0.25) is 0 Å². The number of hydrogen-bond acceptors (Lipinski definition) is 2. The van der Waals surface area contributed by atoms with E-state index in [-0.39, 0.29) is 5.82 Å². The van der Waals surface area contributed by atoms with Gasteiger partial charge < -0.3 is 10.6 Å². The van der Waals surface area contributed by atoms with Gasteiger partial charge in [0.25, 0.3) is 0 Å². The predicted molar refractivity (Wildman–Crippen MR) is 77.2 cm³/mol. The van der Waals surface area contributed by atoms with E-state index in [4.69, 9.17) is 5.73 Å². The minimum atomic E-state index is -0.182. The van der Waals surface area contributed by atoms with Crippen LogP contribution in [-0.4, -0.2) is 12.6 Å². The Labute approximate surface area is 116 Å². The second kappa shape index (κ2) is 5.57. The van der Waals surface area contributed by atoms with Gasteiger partial charge in [0.15, 0.2) is 5.82 Å². The maximum absolute atomic E-state index is 14.4. The highest BCUT2D eigenvalue weighted by Gasteiger charge is 2.27. The Morgan fingerprint density at radius 1 is 1.44 bits per heavy atom. The molecule has 0 aromatic heterocycles. The minimum absolute atomic E-state index is 0.182. The van der Waals surface area contributed by atoms with Crippen LogP contribution in [0.1, 0.15) is 32.3 Å². The van der Waals surface area contributed by atoms with Crippen LogP contribution in [0.3, 0.4) is 0 Å². The summed E-state index contributed by atoms with van der Waals surface area (Å²) in [5, 5.41) is 0. The average Bonchev–Trinajstić information content (AvgIpc) is 2.37. The van der Waals surface area contributed by atoms with E-state index in [0.717, 1.165) is 18.5 Å². The molecule has 0 radical (unpaired) electrons. The average molecular weight is 315 g/mol. The topological polar surface area (TPSA) is 29.3 Å². The zero-order valence-corrected chi connectivity index (χ0v) is 12.5. The minimum Gasteiger partial charge on any atom is -0.366 e. The number of halogens is 2. The first-order chi connectivity index (χ1) is 8.56. The first kappa shape index (κ1) is 13.8. The molecule has 0 saturated carbocycles. The molecular weight excluding hydrogens is 295 g/mol. The van der Waals surface area contributed by atoms with Crippen LogP contribution in [0.2, 0.25) is 0 Å². The van der Waals surface area contributed by atoms with Crippen molar-refractivity contribution in [3.8, 4) is 0 Å². The van der Waals surface area contributed by atoms with Crippen molar-refractivity contribution in [2.24, 2.45) is 11.7 Å². The largest absolute Gasteiger partial charge is 0.366 e. The van der Waals surface area contributed by atoms with E-state index in [2.05, 4.69) is 34.7 Å². The van der Waals surface area contributed by atoms with Crippen LogP contribution in [0.4, 0.5) is 10.1 Å². The van der Waals surface area contributed by atoms with Crippen LogP contribution < -0.4 is 10.6 Å². The van der Waals surface area contributed by atoms with Crippen molar-refractivity contribution in [2.45, 2.75) is 39.3 Å². The Bertz CT molecular complexity index is 436. The van der Waals surface area contributed by atoms with Gasteiger partial charge in [-0.1, -0.05) is 13.0 Å². The number of rotatable bonds is 2. The lowest BCUT2D eigenvalue weighted by Crippen LogP contribution is -2.43. The monoisotopic (exact) mass is 314 g/mol. The zero-order chi connectivity index (χ0) is 13.3. The molecule has 0 aliphatic carbocycles. The van der Waals surface area contributed by atoms with E-state index in [1.807, 2.05) is 12.1 Å². The lowest BCUT2D eigenvalue weighted by atomic mass is 9.91. The summed E-state index contributed by atoms with van der Waals surface area (Å²) in [4.78, 5) is 2.18. The number of nitrogens with two attached hydrogens (primary N) is 1. The normalized spacial score (nSPS) is 24.4. The summed E-state index contributed by atoms with van der Waals surface area (Å²) < 4.78 is 14.9. The van der Waals surface area contributed by atoms with Gasteiger partial charge in [-0.15, -0.1) is 0 Å². The standard InChI is InChI=1S/C14H20BrFN2/c1-9-4-3-7-18(10(9)2)12-6-5-11(8-17)13(15)14(12)16/h5-6,9-10H,3-4,7-8,17H2,1-2H3. The third kappa shape index (κ3) is 2.41. The second-order valence-electron chi connectivity index (χ2n) is 5.13. The van der Waals surface area contributed by atoms with Crippen molar-refractivity contribution >= 4 is 21.6 Å². The third-order valence-corrected chi connectivity index (χ3v) is 4.90. The SMILES string of the molecule is CC1CCCN(c2ccc(CN)c(Br)c2F)C1C. The predicted octanol–water partition coefficient (Wildman–Crippen LogP) is 3.67. The van der Waals surface area contributed by atoms with Crippen molar-refractivity contribution in [3.63, 3.8) is 0 Å². The fourth-order valence-electron chi connectivity index (χ4n) is 2.63. The number of anilines is 1. The molecule has 100 valence electrons. The molecule has 2 N–H and O–H groups in total. The van der Waals surface area contributed by atoms with Crippen molar-refractivity contribution in [1.29, 1.82) is 0 Å². The van der Waals surface area contributed by atoms with Crippen LogP contribution in [0.25, 0.3) is 0 Å². The number of benzene rings is 1. The summed E-state index contributed by atoms with van der Waals surface area (Å²) >= 11 is 3.31. The highest BCUT2D eigenvalue weighted by Crippen LogP contribution is 2.34. The maximum Gasteiger partial charge on any atom is 0.160 e. The smallest absolute Gasteiger partial charge is 0.160 e. The molecule has 1 aromatic carbocycles. The molecule has 1 aromatic rings. The van der Waals surface area contributed by atoms with Crippen molar-refractivity contribution in [1.82, 2.24) is 0 Å². The zero-order valence-electron chi connectivity index (χ0n) is 10.9. The Morgan fingerprint density at radius 3 is 2.83 bits per heavy atom. The van der Waals surface area contributed by atoms with Crippen LogP contribution in [-0.2, 0) is 6.54 Å². The summed E-state index contributed by atoms with van der Waals surface area (Å²) in [7, 11) is 0. The Hall–Kier alpha value is -0.610. The highest BCUT2D eigenvalue weighted by atomic mass is 79.9. The molecule has 2 unspecified atom stereocenters. The van der Waals surface area contributed by atoms with E-state index < -0.39 is 0 Å². The lowest BCUT2D eigenvalue weighted by molar-refractivity contribution is 0.360. The van der Waals surface area contributed by atoms with Crippen LogP contribution in [0.5, 0.6) is 0 Å². The lowest BCUT2D eigenvalue weighted by Gasteiger charge is -2.40. The Kier molecular flexibility index (Phi) is 4.28. The van der Waals surface area contributed by atoms with Gasteiger partial charge in [0.05, 0.1) is 10.2 Å². The van der Waals surface area contributed by atoms with Crippen LogP contribution in [0, 0.1) is 11.7 Å². The summed E-state index contributed by atoms with van der Waals surface area (Å²) in [5.41, 5.74) is 7.09. The molecule has 1 saturated heterocycles. The fraction of sp³-hybridized carbons (Fsp3) is 0.571. The van der Waals surface area contributed by atoms with Gasteiger partial charge in [-0.2, -0.15) is 0 Å². The molecule has 18 heavy (non-hydrogen) atoms. The summed E-state index contributed by atoms with van der Waals surface area (Å²) in [6.07, 6.45) is 2.35. The van der Waals surface area contributed by atoms with Gasteiger partial charge in [-0.05, 0) is 53.2 Å². The molecular formula is C14H20BrFN2. The molecule has 1 fully saturated rings. The third-order valence-electron chi connectivity index (χ3n) is 4.04. The van der Waals surface area contributed by atoms with E-state index >= 15 is 0 Å². The molecule has 0 bridgehead atoms. The van der Waals surface area contributed by atoms with Crippen LogP contribution in [0.15, 0.2) is 16.6 Å². The maximum atomic E-state index is 14.4. The van der Waals surface area contributed by atoms with Gasteiger partial charge in [0, 0.05) is 19.1 Å². The Morgan fingerprint density at radius 2 is 2.17 bits per heavy atom. The van der Waals surface area contributed by atoms with Gasteiger partial charge in [0.1, 0.15) is 0 Å². The quantitative estimate of drug-likeness (QED) is 0.902. The fourth-order valence-corrected chi connectivity index (χ4v) is 3.13. The first-order valence-electron chi connectivity index (χ1n) is 6.49. The van der Waals surface area contributed by atoms with Crippen molar-refractivity contribution in [2.75, 3.05) is 11.4 Å². The number of hydrogen-bond donors (Lipinski definition) is 1. The molecule has 0 spiro atoms. The van der Waals surface area contributed by atoms with E-state index in [1.54, 1.807) is 0 Å². The molecule has 1 aliphatic rings. The molecule has 4 heteroatoms. The molecule has 1 aliphatic heterocycles. The van der Waals surface area contributed by atoms with E-state index in [9.17, 15) is 4.39 Å². The van der Waals surface area contributed by atoms with Crippen molar-refractivity contribution < 1.29 is 4.39 Å². The molecule has 0 amide bonds.